The fourth-order valence-electron chi connectivity index (χ4n) is 5.47. The Morgan fingerprint density at radius 3 is 2.13 bits per heavy atom. The molecule has 2 aliphatic rings. The van der Waals surface area contributed by atoms with Crippen molar-refractivity contribution in [2.75, 3.05) is 21.3 Å². The van der Waals surface area contributed by atoms with E-state index in [9.17, 15) is 19.7 Å². The van der Waals surface area contributed by atoms with Crippen LogP contribution in [0.25, 0.3) is 6.08 Å². The number of methoxy groups -OCH3 is 3. The second-order valence-electron chi connectivity index (χ2n) is 9.47. The van der Waals surface area contributed by atoms with E-state index < -0.39 is 29.6 Å². The molecule has 0 radical (unpaired) electrons. The van der Waals surface area contributed by atoms with Crippen LogP contribution in [0.5, 0.6) is 11.5 Å². The van der Waals surface area contributed by atoms with Crippen LogP contribution in [0.2, 0.25) is 0 Å². The summed E-state index contributed by atoms with van der Waals surface area (Å²) in [6, 6.07) is 12.8. The van der Waals surface area contributed by atoms with Gasteiger partial charge in [0.05, 0.1) is 33.2 Å². The fourth-order valence-corrected chi connectivity index (χ4v) is 5.47. The summed E-state index contributed by atoms with van der Waals surface area (Å²) in [5.74, 6) is -1.65. The molecule has 38 heavy (non-hydrogen) atoms. The van der Waals surface area contributed by atoms with Gasteiger partial charge in [-0.2, -0.15) is 0 Å². The first-order valence-corrected chi connectivity index (χ1v) is 12.4. The number of ketones is 2. The standard InChI is InChI=1S/C30H31NO7/c1-36-22-11-4-19(5-12-22)6-17-26(32)29-27(33)18-25(20-7-13-23(37-2)14-8-20)30(31(34)35)28(29)21-9-15-24(38-3)16-10-21/h4-7,9-17,20,25,28-30H,8,18H2,1-3H3/b17-6+/t20-,25?,28?,29?,30+/m1/s1. The second-order valence-corrected chi connectivity index (χ2v) is 9.47. The number of carbonyl (C=O) groups is 2. The van der Waals surface area contributed by atoms with Crippen molar-refractivity contribution in [3.8, 4) is 11.5 Å². The predicted octanol–water partition coefficient (Wildman–Crippen LogP) is 5.03. The Hall–Kier alpha value is -4.20. The maximum atomic E-state index is 13.6. The highest BCUT2D eigenvalue weighted by Gasteiger charge is 2.55. The monoisotopic (exact) mass is 517 g/mol. The molecule has 0 N–H and O–H groups in total. The van der Waals surface area contributed by atoms with Crippen molar-refractivity contribution in [3.63, 3.8) is 0 Å². The van der Waals surface area contributed by atoms with Gasteiger partial charge in [-0.25, -0.2) is 0 Å². The topological polar surface area (TPSA) is 105 Å². The minimum Gasteiger partial charge on any atom is -0.497 e. The Morgan fingerprint density at radius 1 is 0.974 bits per heavy atom. The number of ether oxygens (including phenoxy) is 3. The summed E-state index contributed by atoms with van der Waals surface area (Å²) in [6.45, 7) is 0. The molecule has 2 aromatic rings. The zero-order valence-electron chi connectivity index (χ0n) is 21.6. The Bertz CT molecular complexity index is 1260. The summed E-state index contributed by atoms with van der Waals surface area (Å²) in [5, 5.41) is 12.6. The predicted molar refractivity (Wildman–Crippen MR) is 142 cm³/mol. The highest BCUT2D eigenvalue weighted by molar-refractivity contribution is 6.10. The second kappa shape index (κ2) is 11.9. The van der Waals surface area contributed by atoms with E-state index in [2.05, 4.69) is 0 Å². The van der Waals surface area contributed by atoms with Crippen LogP contribution in [-0.4, -0.2) is 43.9 Å². The molecule has 5 atom stereocenters. The molecule has 0 heterocycles. The minimum atomic E-state index is -1.16. The molecule has 4 rings (SSSR count). The Labute approximate surface area is 221 Å². The van der Waals surface area contributed by atoms with E-state index in [1.54, 1.807) is 74.9 Å². The van der Waals surface area contributed by atoms with Crippen molar-refractivity contribution in [1.29, 1.82) is 0 Å². The molecule has 0 amide bonds. The molecule has 0 spiro atoms. The van der Waals surface area contributed by atoms with Crippen molar-refractivity contribution in [1.82, 2.24) is 0 Å². The van der Waals surface area contributed by atoms with Gasteiger partial charge in [-0.15, -0.1) is 0 Å². The van der Waals surface area contributed by atoms with Gasteiger partial charge in [-0.1, -0.05) is 36.4 Å². The summed E-state index contributed by atoms with van der Waals surface area (Å²) in [6.07, 6.45) is 8.99. The molecular formula is C30H31NO7. The van der Waals surface area contributed by atoms with Gasteiger partial charge in [0.1, 0.15) is 23.0 Å². The summed E-state index contributed by atoms with van der Waals surface area (Å²) in [4.78, 5) is 39.4. The van der Waals surface area contributed by atoms with Gasteiger partial charge in [-0.3, -0.25) is 19.7 Å². The van der Waals surface area contributed by atoms with Gasteiger partial charge in [-0.05, 0) is 66.0 Å². The van der Waals surface area contributed by atoms with E-state index in [4.69, 9.17) is 14.2 Å². The van der Waals surface area contributed by atoms with Gasteiger partial charge >= 0.3 is 0 Å². The van der Waals surface area contributed by atoms with E-state index in [1.807, 2.05) is 12.2 Å². The van der Waals surface area contributed by atoms with E-state index in [0.29, 0.717) is 29.2 Å². The SMILES string of the molecule is COC1=CC[C@H](C2CC(=O)C(C(=O)/C=C/c3ccc(OC)cc3)C(c3ccc(OC)cc3)[C@H]2[N+](=O)[O-])C=C1. The van der Waals surface area contributed by atoms with E-state index in [0.717, 1.165) is 5.56 Å². The number of benzene rings is 2. The fraction of sp³-hybridized carbons (Fsp3) is 0.333. The lowest BCUT2D eigenvalue weighted by molar-refractivity contribution is -0.540. The molecule has 8 heteroatoms. The molecule has 3 unspecified atom stereocenters. The quantitative estimate of drug-likeness (QED) is 0.199. The molecular weight excluding hydrogens is 486 g/mol. The van der Waals surface area contributed by atoms with Crippen molar-refractivity contribution in [2.45, 2.75) is 24.8 Å². The van der Waals surface area contributed by atoms with Crippen molar-refractivity contribution in [2.24, 2.45) is 17.8 Å². The average molecular weight is 518 g/mol. The molecule has 0 saturated heterocycles. The van der Waals surface area contributed by atoms with Gasteiger partial charge in [0.25, 0.3) is 0 Å². The number of rotatable bonds is 9. The normalized spacial score (nSPS) is 25.1. The third-order valence-corrected chi connectivity index (χ3v) is 7.44. The molecule has 0 aromatic heterocycles. The van der Waals surface area contributed by atoms with Crippen molar-refractivity contribution >= 4 is 17.6 Å². The number of carbonyl (C=O) groups excluding carboxylic acids is 2. The van der Waals surface area contributed by atoms with Crippen LogP contribution in [0.3, 0.4) is 0 Å². The third-order valence-electron chi connectivity index (χ3n) is 7.44. The number of nitrogens with zero attached hydrogens (tertiary/aromatic N) is 1. The zero-order chi connectivity index (χ0) is 27.2. The summed E-state index contributed by atoms with van der Waals surface area (Å²) in [5.41, 5.74) is 1.31. The van der Waals surface area contributed by atoms with Gasteiger partial charge in [0, 0.05) is 17.3 Å². The number of allylic oxidation sites excluding steroid dienone is 4. The van der Waals surface area contributed by atoms with Crippen LogP contribution in [0.1, 0.15) is 29.9 Å². The van der Waals surface area contributed by atoms with Crippen LogP contribution in [-0.2, 0) is 14.3 Å². The number of nitro groups is 1. The van der Waals surface area contributed by atoms with E-state index >= 15 is 0 Å². The van der Waals surface area contributed by atoms with Crippen LogP contribution in [0, 0.1) is 27.9 Å². The first kappa shape index (κ1) is 26.9. The van der Waals surface area contributed by atoms with E-state index in [-0.39, 0.29) is 23.0 Å². The Balaban J connectivity index is 1.71. The van der Waals surface area contributed by atoms with Crippen molar-refractivity contribution < 1.29 is 28.7 Å². The first-order valence-electron chi connectivity index (χ1n) is 12.4. The summed E-state index contributed by atoms with van der Waals surface area (Å²) < 4.78 is 15.7. The van der Waals surface area contributed by atoms with Crippen LogP contribution in [0.4, 0.5) is 0 Å². The highest BCUT2D eigenvalue weighted by atomic mass is 16.6. The van der Waals surface area contributed by atoms with Gasteiger partial charge < -0.3 is 14.2 Å². The maximum absolute atomic E-state index is 13.6. The van der Waals surface area contributed by atoms with Crippen LogP contribution >= 0.6 is 0 Å². The first-order chi connectivity index (χ1) is 18.4. The largest absolute Gasteiger partial charge is 0.497 e. The summed E-state index contributed by atoms with van der Waals surface area (Å²) in [7, 11) is 4.66. The third kappa shape index (κ3) is 5.69. The van der Waals surface area contributed by atoms with E-state index in [1.165, 1.54) is 13.2 Å². The molecule has 8 nitrogen and oxygen atoms in total. The molecule has 2 aliphatic carbocycles. The van der Waals surface area contributed by atoms with Crippen molar-refractivity contribution in [3.05, 3.63) is 99.8 Å². The maximum Gasteiger partial charge on any atom is 0.224 e. The number of hydrogen-bond donors (Lipinski definition) is 0. The zero-order valence-corrected chi connectivity index (χ0v) is 21.6. The van der Waals surface area contributed by atoms with Gasteiger partial charge in [0.15, 0.2) is 5.78 Å². The smallest absolute Gasteiger partial charge is 0.224 e. The molecule has 1 fully saturated rings. The lowest BCUT2D eigenvalue weighted by atomic mass is 9.62. The summed E-state index contributed by atoms with van der Waals surface area (Å²) >= 11 is 0. The Morgan fingerprint density at radius 2 is 1.61 bits per heavy atom. The lowest BCUT2D eigenvalue weighted by Crippen LogP contribution is -2.51. The number of hydrogen-bond acceptors (Lipinski definition) is 7. The Kier molecular flexibility index (Phi) is 8.41. The molecule has 0 bridgehead atoms. The molecule has 0 aliphatic heterocycles. The van der Waals surface area contributed by atoms with Gasteiger partial charge in [0.2, 0.25) is 6.04 Å². The minimum absolute atomic E-state index is 0.0454. The average Bonchev–Trinajstić information content (AvgIpc) is 2.95. The van der Waals surface area contributed by atoms with Crippen LogP contribution in [0.15, 0.2) is 78.6 Å². The van der Waals surface area contributed by atoms with Crippen LogP contribution < -0.4 is 9.47 Å². The highest BCUT2D eigenvalue weighted by Crippen LogP contribution is 2.46. The molecule has 1 saturated carbocycles. The number of Topliss-reactive ketones (excluding diaryl/α,β-unsaturated/α-hetero) is 1. The molecule has 2 aromatic carbocycles. The molecule has 198 valence electrons. The lowest BCUT2D eigenvalue weighted by Gasteiger charge is -2.39.